The van der Waals surface area contributed by atoms with Crippen molar-refractivity contribution in [3.8, 4) is 0 Å². The summed E-state index contributed by atoms with van der Waals surface area (Å²) in [6.07, 6.45) is 5.77. The van der Waals surface area contributed by atoms with Crippen molar-refractivity contribution in [3.63, 3.8) is 0 Å². The van der Waals surface area contributed by atoms with E-state index >= 15 is 0 Å². The van der Waals surface area contributed by atoms with Gasteiger partial charge in [-0.25, -0.2) is 9.37 Å². The molecule has 4 rings (SSSR count). The second-order valence-electron chi connectivity index (χ2n) is 6.55. The third kappa shape index (κ3) is 3.88. The number of carboxylic acid groups (broad SMARTS) is 1. The molecule has 1 aromatic carbocycles. The average molecular weight is 416 g/mol. The molecule has 0 fully saturated rings. The fourth-order valence-corrected chi connectivity index (χ4v) is 5.30. The molecule has 8 heteroatoms. The molecule has 5 nitrogen and oxygen atoms in total. The van der Waals surface area contributed by atoms with E-state index in [0.717, 1.165) is 43.0 Å². The Morgan fingerprint density at radius 1 is 1.29 bits per heavy atom. The maximum absolute atomic E-state index is 13.2. The molecule has 2 aromatic heterocycles. The molecule has 2 N–H and O–H groups in total. The van der Waals surface area contributed by atoms with E-state index in [0.29, 0.717) is 26.5 Å². The zero-order chi connectivity index (χ0) is 19.7. The second kappa shape index (κ2) is 7.89. The second-order valence-corrected chi connectivity index (χ2v) is 8.65. The van der Waals surface area contributed by atoms with Crippen LogP contribution < -0.4 is 5.56 Å². The number of benzene rings is 1. The van der Waals surface area contributed by atoms with Crippen molar-refractivity contribution < 1.29 is 14.3 Å². The van der Waals surface area contributed by atoms with Gasteiger partial charge in [0.05, 0.1) is 16.0 Å². The molecule has 0 aliphatic heterocycles. The highest BCUT2D eigenvalue weighted by Crippen LogP contribution is 2.35. The first-order chi connectivity index (χ1) is 13.5. The number of nitrogens with one attached hydrogen (secondary N) is 1. The number of aromatic amines is 1. The van der Waals surface area contributed by atoms with Crippen molar-refractivity contribution in [2.45, 2.75) is 25.7 Å². The van der Waals surface area contributed by atoms with Crippen molar-refractivity contribution in [2.24, 2.45) is 0 Å². The van der Waals surface area contributed by atoms with Crippen LogP contribution in [0.1, 0.15) is 34.7 Å². The van der Waals surface area contributed by atoms with E-state index in [1.54, 1.807) is 29.5 Å². The van der Waals surface area contributed by atoms with Gasteiger partial charge in [-0.05, 0) is 55.0 Å². The van der Waals surface area contributed by atoms with Gasteiger partial charge in [0.15, 0.2) is 0 Å². The smallest absolute Gasteiger partial charge is 0.313 e. The number of hydrogen-bond donors (Lipinski definition) is 2. The number of thioether (sulfide) groups is 1. The summed E-state index contributed by atoms with van der Waals surface area (Å²) in [7, 11) is 0. The lowest BCUT2D eigenvalue weighted by Gasteiger charge is -2.09. The first-order valence-corrected chi connectivity index (χ1v) is 10.7. The number of rotatable bonds is 5. The molecule has 0 unspecified atom stereocenters. The Morgan fingerprint density at radius 2 is 2.04 bits per heavy atom. The van der Waals surface area contributed by atoms with Gasteiger partial charge >= 0.3 is 5.97 Å². The minimum atomic E-state index is -0.968. The molecule has 0 atom stereocenters. The molecule has 28 heavy (non-hydrogen) atoms. The summed E-state index contributed by atoms with van der Waals surface area (Å²) >= 11 is 2.62. The van der Waals surface area contributed by atoms with Crippen molar-refractivity contribution in [3.05, 3.63) is 62.3 Å². The largest absolute Gasteiger partial charge is 0.481 e. The Morgan fingerprint density at radius 3 is 2.79 bits per heavy atom. The van der Waals surface area contributed by atoms with Crippen molar-refractivity contribution in [2.75, 3.05) is 5.75 Å². The molecule has 2 heterocycles. The fraction of sp³-hybridized carbons (Fsp3) is 0.250. The summed E-state index contributed by atoms with van der Waals surface area (Å²) in [4.78, 5) is 33.7. The predicted molar refractivity (Wildman–Crippen MR) is 111 cm³/mol. The summed E-state index contributed by atoms with van der Waals surface area (Å²) in [6.45, 7) is 0. The molecule has 144 valence electrons. The van der Waals surface area contributed by atoms with Gasteiger partial charge < -0.3 is 10.1 Å². The van der Waals surface area contributed by atoms with Gasteiger partial charge in [0.2, 0.25) is 0 Å². The highest BCUT2D eigenvalue weighted by atomic mass is 32.2. The number of fused-ring (bicyclic) bond motifs is 3. The number of aliphatic carboxylic acids is 1. The van der Waals surface area contributed by atoms with Gasteiger partial charge in [0.1, 0.15) is 16.5 Å². The number of halogens is 1. The molecule has 1 aliphatic rings. The number of carbonyl (C=O) groups is 1. The van der Waals surface area contributed by atoms with Crippen LogP contribution in [0.25, 0.3) is 21.2 Å². The normalized spacial score (nSPS) is 14.2. The minimum Gasteiger partial charge on any atom is -0.481 e. The first kappa shape index (κ1) is 18.9. The number of carboxylic acids is 1. The summed E-state index contributed by atoms with van der Waals surface area (Å²) in [5.74, 6) is -1.15. The topological polar surface area (TPSA) is 83.0 Å². The van der Waals surface area contributed by atoms with Crippen LogP contribution in [-0.2, 0) is 17.6 Å². The van der Waals surface area contributed by atoms with Crippen LogP contribution >= 0.6 is 23.1 Å². The third-order valence-corrected chi connectivity index (χ3v) is 6.78. The van der Waals surface area contributed by atoms with E-state index in [4.69, 9.17) is 5.11 Å². The third-order valence-electron chi connectivity index (χ3n) is 4.58. The number of aromatic nitrogens is 2. The number of H-pyrrole nitrogens is 1. The average Bonchev–Trinajstić information content (AvgIpc) is 3.05. The number of aryl methyl sites for hydroxylation is 2. The van der Waals surface area contributed by atoms with Crippen molar-refractivity contribution in [1.82, 2.24) is 9.97 Å². The van der Waals surface area contributed by atoms with Crippen LogP contribution in [0.2, 0.25) is 0 Å². The molecule has 0 saturated carbocycles. The molecule has 0 spiro atoms. The fourth-order valence-electron chi connectivity index (χ4n) is 3.31. The molecular formula is C20H17FN2O3S2. The Labute approximate surface area is 168 Å². The van der Waals surface area contributed by atoms with Gasteiger partial charge in [0, 0.05) is 4.88 Å². The minimum absolute atomic E-state index is 0.171. The highest BCUT2D eigenvalue weighted by Gasteiger charge is 2.20. The van der Waals surface area contributed by atoms with Crippen LogP contribution in [0.3, 0.4) is 0 Å². The Kier molecular flexibility index (Phi) is 5.32. The molecule has 0 radical (unpaired) electrons. The summed E-state index contributed by atoms with van der Waals surface area (Å²) in [5, 5.41) is 9.72. The van der Waals surface area contributed by atoms with Crippen LogP contribution in [-0.4, -0.2) is 26.8 Å². The van der Waals surface area contributed by atoms with Gasteiger partial charge in [0.25, 0.3) is 5.56 Å². The number of nitrogens with zero attached hydrogens (tertiary/aromatic N) is 1. The summed E-state index contributed by atoms with van der Waals surface area (Å²) in [6, 6.07) is 5.85. The predicted octanol–water partition coefficient (Wildman–Crippen LogP) is 4.32. The molecule has 0 saturated heterocycles. The zero-order valence-electron chi connectivity index (χ0n) is 14.8. The lowest BCUT2D eigenvalue weighted by Crippen LogP contribution is -2.12. The van der Waals surface area contributed by atoms with E-state index in [-0.39, 0.29) is 17.1 Å². The first-order valence-electron chi connectivity index (χ1n) is 8.88. The van der Waals surface area contributed by atoms with Crippen molar-refractivity contribution >= 4 is 50.3 Å². The maximum Gasteiger partial charge on any atom is 0.313 e. The Balaban J connectivity index is 1.81. The van der Waals surface area contributed by atoms with Crippen LogP contribution in [0.5, 0.6) is 0 Å². The van der Waals surface area contributed by atoms with Crippen LogP contribution in [0.15, 0.2) is 29.1 Å². The van der Waals surface area contributed by atoms with E-state index < -0.39 is 5.97 Å². The van der Waals surface area contributed by atoms with Gasteiger partial charge in [-0.1, -0.05) is 12.1 Å². The monoisotopic (exact) mass is 416 g/mol. The van der Waals surface area contributed by atoms with Crippen LogP contribution in [0, 0.1) is 5.82 Å². The molecule has 3 aromatic rings. The van der Waals surface area contributed by atoms with Gasteiger partial charge in [-0.3, -0.25) is 9.59 Å². The van der Waals surface area contributed by atoms with Gasteiger partial charge in [-0.15, -0.1) is 23.1 Å². The zero-order valence-corrected chi connectivity index (χ0v) is 16.5. The lowest BCUT2D eigenvalue weighted by atomic mass is 9.97. The van der Waals surface area contributed by atoms with Gasteiger partial charge in [-0.2, -0.15) is 0 Å². The molecular weight excluding hydrogens is 399 g/mol. The van der Waals surface area contributed by atoms with E-state index in [9.17, 15) is 14.0 Å². The SMILES string of the molecule is O=C(O)CS/C(=C\c1ccc(F)cc1)c1nc2sc3c(c2c(=O)[nH]1)CCCC3. The molecule has 0 bridgehead atoms. The van der Waals surface area contributed by atoms with E-state index in [2.05, 4.69) is 9.97 Å². The quantitative estimate of drug-likeness (QED) is 0.647. The summed E-state index contributed by atoms with van der Waals surface area (Å²) < 4.78 is 13.2. The number of hydrogen-bond acceptors (Lipinski definition) is 5. The van der Waals surface area contributed by atoms with E-state index in [1.807, 2.05) is 0 Å². The standard InChI is InChI=1S/C20H17FN2O3S2/c21-12-7-5-11(6-8-12)9-15(27-10-16(24)25)18-22-19(26)17-13-3-1-2-4-14(13)28-20(17)23-18/h5-9H,1-4,10H2,(H,24,25)(H,22,23,26)/b15-9-. The Hall–Kier alpha value is -2.45. The molecule has 1 aliphatic carbocycles. The molecule has 0 amide bonds. The van der Waals surface area contributed by atoms with E-state index in [1.165, 1.54) is 17.0 Å². The van der Waals surface area contributed by atoms with Crippen molar-refractivity contribution in [1.29, 1.82) is 0 Å². The maximum atomic E-state index is 13.2. The lowest BCUT2D eigenvalue weighted by molar-refractivity contribution is -0.133. The Bertz CT molecular complexity index is 1130. The number of thiophene rings is 1. The van der Waals surface area contributed by atoms with Crippen LogP contribution in [0.4, 0.5) is 4.39 Å². The summed E-state index contributed by atoms with van der Waals surface area (Å²) in [5.41, 5.74) is 1.61. The highest BCUT2D eigenvalue weighted by molar-refractivity contribution is 8.09.